The normalized spacial score (nSPS) is 8.89. The van der Waals surface area contributed by atoms with Crippen LogP contribution in [0.1, 0.15) is 21.5 Å². The van der Waals surface area contributed by atoms with Crippen LogP contribution in [0.4, 0.5) is 0 Å². The van der Waals surface area contributed by atoms with Crippen molar-refractivity contribution in [3.05, 3.63) is 83.4 Å². The first-order chi connectivity index (χ1) is 9.19. The van der Waals surface area contributed by atoms with E-state index in [1.165, 1.54) is 0 Å². The molecule has 0 bridgehead atoms. The summed E-state index contributed by atoms with van der Waals surface area (Å²) in [6.45, 7) is 7.22. The van der Waals surface area contributed by atoms with Crippen LogP contribution < -0.4 is 0 Å². The molecule has 0 aliphatic carbocycles. The number of halogens is 1. The van der Waals surface area contributed by atoms with E-state index in [1.807, 2.05) is 36.4 Å². The Morgan fingerprint density at radius 3 is 1.47 bits per heavy atom. The molecular weight excluding hydrogens is 256 g/mol. The van der Waals surface area contributed by atoms with Crippen molar-refractivity contribution in [3.63, 3.8) is 0 Å². The molecule has 2 aromatic rings. The van der Waals surface area contributed by atoms with Crippen LogP contribution in [-0.2, 0) is 0 Å². The summed E-state index contributed by atoms with van der Waals surface area (Å²) in [5.41, 5.74) is 2.83. The molecule has 0 radical (unpaired) electrons. The molecule has 2 rings (SSSR count). The minimum Gasteiger partial charge on any atom is -0.298 e. The summed E-state index contributed by atoms with van der Waals surface area (Å²) < 4.78 is 0. The molecule has 0 aliphatic heterocycles. The summed E-state index contributed by atoms with van der Waals surface area (Å²) in [6.07, 6.45) is 4.36. The smallest absolute Gasteiger partial charge is 0.150 e. The van der Waals surface area contributed by atoms with Crippen LogP contribution in [-0.4, -0.2) is 6.29 Å². The Morgan fingerprint density at radius 1 is 0.737 bits per heavy atom. The van der Waals surface area contributed by atoms with Gasteiger partial charge in [-0.2, -0.15) is 0 Å². The Labute approximate surface area is 118 Å². The van der Waals surface area contributed by atoms with Crippen molar-refractivity contribution in [3.8, 4) is 0 Å². The fraction of sp³-hybridized carbons (Fsp3) is 0. The third kappa shape index (κ3) is 5.36. The number of rotatable bonds is 3. The van der Waals surface area contributed by atoms with Crippen LogP contribution in [0.5, 0.6) is 0 Å². The van der Waals surface area contributed by atoms with Gasteiger partial charge in [0.1, 0.15) is 6.29 Å². The van der Waals surface area contributed by atoms with Gasteiger partial charge in [-0.3, -0.25) is 4.79 Å². The molecule has 0 unspecified atom stereocenters. The van der Waals surface area contributed by atoms with E-state index in [1.54, 1.807) is 24.3 Å². The Balaban J connectivity index is 0.000000191. The summed E-state index contributed by atoms with van der Waals surface area (Å²) in [5.74, 6) is 0. The third-order valence-corrected chi connectivity index (χ3v) is 2.67. The molecule has 2 heteroatoms. The van der Waals surface area contributed by atoms with E-state index in [2.05, 4.69) is 13.2 Å². The minimum absolute atomic E-state index is 0.700. The van der Waals surface area contributed by atoms with Gasteiger partial charge in [0.15, 0.2) is 0 Å². The zero-order chi connectivity index (χ0) is 14.1. The highest BCUT2D eigenvalue weighted by molar-refractivity contribution is 6.30. The lowest BCUT2D eigenvalue weighted by atomic mass is 10.1. The average molecular weight is 271 g/mol. The molecule has 96 valence electrons. The second-order valence-corrected chi connectivity index (χ2v) is 4.18. The van der Waals surface area contributed by atoms with Gasteiger partial charge in [-0.15, -0.1) is 0 Å². The van der Waals surface area contributed by atoms with Gasteiger partial charge in [-0.25, -0.2) is 0 Å². The summed E-state index contributed by atoms with van der Waals surface area (Å²) >= 11 is 5.63. The topological polar surface area (TPSA) is 17.1 Å². The van der Waals surface area contributed by atoms with Crippen LogP contribution in [0.2, 0.25) is 5.02 Å². The summed E-state index contributed by atoms with van der Waals surface area (Å²) in [4.78, 5) is 10.2. The molecule has 1 nitrogen and oxygen atoms in total. The SMILES string of the molecule is C=Cc1ccc(C=O)cc1.C=Cc1ccc(Cl)cc1. The molecule has 0 atom stereocenters. The minimum atomic E-state index is 0.700. The molecule has 0 amide bonds. The highest BCUT2D eigenvalue weighted by atomic mass is 35.5. The first-order valence-corrected chi connectivity index (χ1v) is 6.13. The highest BCUT2D eigenvalue weighted by Gasteiger charge is 1.87. The first-order valence-electron chi connectivity index (χ1n) is 5.75. The van der Waals surface area contributed by atoms with Crippen LogP contribution in [0.3, 0.4) is 0 Å². The van der Waals surface area contributed by atoms with Gasteiger partial charge in [-0.1, -0.05) is 73.3 Å². The van der Waals surface area contributed by atoms with Crippen molar-refractivity contribution in [1.82, 2.24) is 0 Å². The maximum atomic E-state index is 10.2. The monoisotopic (exact) mass is 270 g/mol. The maximum absolute atomic E-state index is 10.2. The Hall–Kier alpha value is -2.12. The van der Waals surface area contributed by atoms with Crippen molar-refractivity contribution in [1.29, 1.82) is 0 Å². The Kier molecular flexibility index (Phi) is 6.34. The number of hydrogen-bond acceptors (Lipinski definition) is 1. The van der Waals surface area contributed by atoms with Gasteiger partial charge in [0, 0.05) is 10.6 Å². The number of aldehydes is 1. The van der Waals surface area contributed by atoms with Crippen molar-refractivity contribution < 1.29 is 4.79 Å². The average Bonchev–Trinajstić information content (AvgIpc) is 2.49. The molecule has 0 saturated heterocycles. The zero-order valence-corrected chi connectivity index (χ0v) is 11.3. The summed E-state index contributed by atoms with van der Waals surface area (Å²) in [7, 11) is 0. The van der Waals surface area contributed by atoms with Crippen LogP contribution >= 0.6 is 11.6 Å². The first kappa shape index (κ1) is 14.9. The quantitative estimate of drug-likeness (QED) is 0.707. The molecule has 0 spiro atoms. The zero-order valence-electron chi connectivity index (χ0n) is 10.6. The molecule has 0 N–H and O–H groups in total. The lowest BCUT2D eigenvalue weighted by molar-refractivity contribution is 0.112. The predicted molar refractivity (Wildman–Crippen MR) is 83.5 cm³/mol. The predicted octanol–water partition coefficient (Wildman–Crippen LogP) is 5.13. The number of carbonyl (C=O) groups is 1. The highest BCUT2D eigenvalue weighted by Crippen LogP contribution is 2.09. The van der Waals surface area contributed by atoms with E-state index in [0.717, 1.165) is 22.4 Å². The summed E-state index contributed by atoms with van der Waals surface area (Å²) in [6, 6.07) is 14.8. The molecule has 0 aliphatic rings. The van der Waals surface area contributed by atoms with E-state index in [0.29, 0.717) is 5.56 Å². The number of benzene rings is 2. The molecule has 0 saturated carbocycles. The van der Waals surface area contributed by atoms with E-state index in [-0.39, 0.29) is 0 Å². The van der Waals surface area contributed by atoms with Crippen LogP contribution in [0.15, 0.2) is 61.7 Å². The number of carbonyl (C=O) groups excluding carboxylic acids is 1. The Bertz CT molecular complexity index is 511. The number of hydrogen-bond donors (Lipinski definition) is 0. The molecule has 2 aromatic carbocycles. The molecule has 0 aromatic heterocycles. The largest absolute Gasteiger partial charge is 0.298 e. The second kappa shape index (κ2) is 8.06. The van der Waals surface area contributed by atoms with E-state index in [4.69, 9.17) is 11.6 Å². The lowest BCUT2D eigenvalue weighted by Crippen LogP contribution is -1.77. The molecular formula is C17H15ClO. The van der Waals surface area contributed by atoms with E-state index >= 15 is 0 Å². The molecule has 0 fully saturated rings. The van der Waals surface area contributed by atoms with Crippen LogP contribution in [0.25, 0.3) is 12.2 Å². The maximum Gasteiger partial charge on any atom is 0.150 e. The molecule has 19 heavy (non-hydrogen) atoms. The second-order valence-electron chi connectivity index (χ2n) is 3.74. The van der Waals surface area contributed by atoms with Crippen LogP contribution in [0, 0.1) is 0 Å². The van der Waals surface area contributed by atoms with Crippen molar-refractivity contribution in [2.45, 2.75) is 0 Å². The fourth-order valence-electron chi connectivity index (χ4n) is 1.31. The molecule has 0 heterocycles. The van der Waals surface area contributed by atoms with Gasteiger partial charge in [0.05, 0.1) is 0 Å². The van der Waals surface area contributed by atoms with Gasteiger partial charge in [-0.05, 0) is 23.3 Å². The standard InChI is InChI=1S/C9H8O.C8H7Cl/c1-2-8-3-5-9(7-10)6-4-8;1-2-7-3-5-8(9)6-4-7/h2-7H,1H2;2-6H,1H2. The van der Waals surface area contributed by atoms with Crippen molar-refractivity contribution >= 4 is 30.0 Å². The van der Waals surface area contributed by atoms with Gasteiger partial charge in [0.25, 0.3) is 0 Å². The third-order valence-electron chi connectivity index (χ3n) is 2.41. The van der Waals surface area contributed by atoms with Gasteiger partial charge in [0.2, 0.25) is 0 Å². The Morgan fingerprint density at radius 2 is 1.11 bits per heavy atom. The van der Waals surface area contributed by atoms with Crippen molar-refractivity contribution in [2.24, 2.45) is 0 Å². The van der Waals surface area contributed by atoms with E-state index < -0.39 is 0 Å². The summed E-state index contributed by atoms with van der Waals surface area (Å²) in [5, 5.41) is 0.764. The van der Waals surface area contributed by atoms with E-state index in [9.17, 15) is 4.79 Å². The lowest BCUT2D eigenvalue weighted by Gasteiger charge is -1.90. The fourth-order valence-corrected chi connectivity index (χ4v) is 1.44. The van der Waals surface area contributed by atoms with Crippen molar-refractivity contribution in [2.75, 3.05) is 0 Å². The van der Waals surface area contributed by atoms with Gasteiger partial charge >= 0.3 is 0 Å². The van der Waals surface area contributed by atoms with Gasteiger partial charge < -0.3 is 0 Å².